The average Bonchev–Trinajstić information content (AvgIpc) is 2.55. The van der Waals surface area contributed by atoms with Crippen molar-refractivity contribution in [2.45, 2.75) is 61.4 Å². The zero-order valence-electron chi connectivity index (χ0n) is 12.0. The highest BCUT2D eigenvalue weighted by atomic mass is 16.7. The largest absolute Gasteiger partial charge is 0.394 e. The van der Waals surface area contributed by atoms with Gasteiger partial charge in [0.05, 0.1) is 13.2 Å². The molecule has 2 aliphatic heterocycles. The predicted octanol–water partition coefficient (Wildman–Crippen LogP) is -5.40. The number of hydrogen-bond acceptors (Lipinski definition) is 11. The Labute approximate surface area is 130 Å². The Morgan fingerprint density at radius 3 is 1.83 bits per heavy atom. The molecule has 10 atom stereocenters. The molecular formula is C12H22O11. The first-order valence-electron chi connectivity index (χ1n) is 7.08. The lowest BCUT2D eigenvalue weighted by Crippen LogP contribution is -2.64. The average molecular weight is 342 g/mol. The second-order valence-electron chi connectivity index (χ2n) is 5.53. The predicted molar refractivity (Wildman–Crippen MR) is 68.6 cm³/mol. The molecule has 23 heavy (non-hydrogen) atoms. The molecule has 8 N–H and O–H groups in total. The quantitative estimate of drug-likeness (QED) is 0.243. The molecule has 11 nitrogen and oxygen atoms in total. The summed E-state index contributed by atoms with van der Waals surface area (Å²) in [6.07, 6.45) is -15.6. The van der Waals surface area contributed by atoms with E-state index in [2.05, 4.69) is 0 Å². The molecule has 0 saturated carbocycles. The third-order valence-corrected chi connectivity index (χ3v) is 3.98. The van der Waals surface area contributed by atoms with Crippen LogP contribution in [0.5, 0.6) is 0 Å². The fraction of sp³-hybridized carbons (Fsp3) is 1.00. The zero-order valence-corrected chi connectivity index (χ0v) is 12.0. The monoisotopic (exact) mass is 342 g/mol. The van der Waals surface area contributed by atoms with Crippen LogP contribution in [0.25, 0.3) is 0 Å². The third-order valence-electron chi connectivity index (χ3n) is 3.98. The lowest BCUT2D eigenvalue weighted by molar-refractivity contribution is -0.355. The van der Waals surface area contributed by atoms with Gasteiger partial charge in [0.15, 0.2) is 12.6 Å². The Hall–Kier alpha value is -0.440. The topological polar surface area (TPSA) is 190 Å². The van der Waals surface area contributed by atoms with Gasteiger partial charge < -0.3 is 55.1 Å². The Kier molecular flexibility index (Phi) is 6.27. The van der Waals surface area contributed by atoms with Gasteiger partial charge in [-0.2, -0.15) is 0 Å². The maximum Gasteiger partial charge on any atom is 0.187 e. The highest BCUT2D eigenvalue weighted by Crippen LogP contribution is 2.28. The van der Waals surface area contributed by atoms with E-state index < -0.39 is 74.6 Å². The molecule has 0 radical (unpaired) electrons. The van der Waals surface area contributed by atoms with Crippen molar-refractivity contribution in [3.05, 3.63) is 0 Å². The Balaban J connectivity index is 2.11. The van der Waals surface area contributed by atoms with E-state index in [4.69, 9.17) is 19.3 Å². The first-order chi connectivity index (χ1) is 10.8. The van der Waals surface area contributed by atoms with Crippen molar-refractivity contribution in [2.24, 2.45) is 0 Å². The second-order valence-corrected chi connectivity index (χ2v) is 5.53. The highest BCUT2D eigenvalue weighted by Gasteiger charge is 2.50. The van der Waals surface area contributed by atoms with Crippen molar-refractivity contribution in [3.63, 3.8) is 0 Å². The Morgan fingerprint density at radius 1 is 0.652 bits per heavy atom. The lowest BCUT2D eigenvalue weighted by atomic mass is 9.97. The summed E-state index contributed by atoms with van der Waals surface area (Å²) in [7, 11) is 0. The second kappa shape index (κ2) is 7.63. The van der Waals surface area contributed by atoms with Crippen molar-refractivity contribution >= 4 is 0 Å². The molecule has 0 aliphatic carbocycles. The fourth-order valence-electron chi connectivity index (χ4n) is 2.57. The highest BCUT2D eigenvalue weighted by molar-refractivity contribution is 4.93. The van der Waals surface area contributed by atoms with Crippen molar-refractivity contribution in [1.82, 2.24) is 0 Å². The van der Waals surface area contributed by atoms with Gasteiger partial charge in [0.1, 0.15) is 48.8 Å². The van der Waals surface area contributed by atoms with Gasteiger partial charge >= 0.3 is 0 Å². The molecule has 136 valence electrons. The maximum atomic E-state index is 9.94. The van der Waals surface area contributed by atoms with Crippen LogP contribution >= 0.6 is 0 Å². The van der Waals surface area contributed by atoms with E-state index in [0.717, 1.165) is 0 Å². The first kappa shape index (κ1) is 18.9. The summed E-state index contributed by atoms with van der Waals surface area (Å²) in [6.45, 7) is -1.35. The number of rotatable bonds is 4. The van der Waals surface area contributed by atoms with E-state index in [1.165, 1.54) is 0 Å². The number of aliphatic hydroxyl groups excluding tert-OH is 8. The molecule has 0 spiro atoms. The number of aliphatic hydroxyl groups is 8. The van der Waals surface area contributed by atoms with Crippen LogP contribution in [0.4, 0.5) is 0 Å². The van der Waals surface area contributed by atoms with Crippen LogP contribution in [0.3, 0.4) is 0 Å². The molecule has 2 rings (SSSR count). The van der Waals surface area contributed by atoms with Gasteiger partial charge in [0.2, 0.25) is 0 Å². The van der Waals surface area contributed by atoms with Crippen LogP contribution in [-0.4, -0.2) is 115 Å². The molecule has 2 aliphatic rings. The van der Waals surface area contributed by atoms with E-state index in [1.807, 2.05) is 0 Å². The van der Waals surface area contributed by atoms with E-state index in [1.54, 1.807) is 0 Å². The SMILES string of the molecule is OCC1OC(O)C(O)[C@@H](O)[C@@H]1O[C@@H]1OC(CO)[C@H](O)[C@H](O)C1O. The van der Waals surface area contributed by atoms with E-state index >= 15 is 0 Å². The van der Waals surface area contributed by atoms with Crippen LogP contribution in [0.15, 0.2) is 0 Å². The molecule has 2 heterocycles. The molecule has 0 amide bonds. The summed E-state index contributed by atoms with van der Waals surface area (Å²) in [4.78, 5) is 0. The van der Waals surface area contributed by atoms with Crippen LogP contribution in [0.2, 0.25) is 0 Å². The number of ether oxygens (including phenoxy) is 3. The molecule has 5 unspecified atom stereocenters. The van der Waals surface area contributed by atoms with E-state index in [-0.39, 0.29) is 0 Å². The standard InChI is InChI=1S/C12H22O11/c13-1-3-5(15)6(16)9(19)12(22-3)23-10-4(2-14)21-11(20)8(18)7(10)17/h3-20H,1-2H2/t3?,4?,5-,6-,7+,8?,9?,10+,11?,12-/m0/s1. The molecule has 2 saturated heterocycles. The first-order valence-corrected chi connectivity index (χ1v) is 7.08. The minimum atomic E-state index is -1.74. The minimum absolute atomic E-state index is 0.667. The maximum absolute atomic E-state index is 9.94. The van der Waals surface area contributed by atoms with Crippen LogP contribution in [-0.2, 0) is 14.2 Å². The van der Waals surface area contributed by atoms with Gasteiger partial charge in [-0.25, -0.2) is 0 Å². The Morgan fingerprint density at radius 2 is 1.26 bits per heavy atom. The summed E-state index contributed by atoms with van der Waals surface area (Å²) in [5, 5.41) is 76.5. The van der Waals surface area contributed by atoms with Crippen LogP contribution in [0.1, 0.15) is 0 Å². The van der Waals surface area contributed by atoms with Crippen LogP contribution in [0, 0.1) is 0 Å². The molecule has 0 bridgehead atoms. The molecule has 11 heteroatoms. The van der Waals surface area contributed by atoms with Gasteiger partial charge in [-0.1, -0.05) is 0 Å². The van der Waals surface area contributed by atoms with Crippen LogP contribution < -0.4 is 0 Å². The van der Waals surface area contributed by atoms with E-state index in [0.29, 0.717) is 0 Å². The van der Waals surface area contributed by atoms with Crippen molar-refractivity contribution in [2.75, 3.05) is 13.2 Å². The molecule has 2 fully saturated rings. The normalized spacial score (nSPS) is 51.7. The van der Waals surface area contributed by atoms with Gasteiger partial charge in [-0.3, -0.25) is 0 Å². The Bertz CT molecular complexity index is 378. The summed E-state index contributed by atoms with van der Waals surface area (Å²) in [6, 6.07) is 0. The van der Waals surface area contributed by atoms with Crippen molar-refractivity contribution in [1.29, 1.82) is 0 Å². The molecule has 0 aromatic carbocycles. The van der Waals surface area contributed by atoms with Gasteiger partial charge in [-0.15, -0.1) is 0 Å². The smallest absolute Gasteiger partial charge is 0.187 e. The van der Waals surface area contributed by atoms with Crippen molar-refractivity contribution < 1.29 is 55.1 Å². The number of hydrogen-bond donors (Lipinski definition) is 8. The molecular weight excluding hydrogens is 320 g/mol. The fourth-order valence-corrected chi connectivity index (χ4v) is 2.57. The summed E-state index contributed by atoms with van der Waals surface area (Å²) in [5.41, 5.74) is 0. The summed E-state index contributed by atoms with van der Waals surface area (Å²) < 4.78 is 15.3. The van der Waals surface area contributed by atoms with Gasteiger partial charge in [0, 0.05) is 0 Å². The van der Waals surface area contributed by atoms with E-state index in [9.17, 15) is 35.7 Å². The van der Waals surface area contributed by atoms with Gasteiger partial charge in [-0.05, 0) is 0 Å². The lowest BCUT2D eigenvalue weighted by Gasteiger charge is -2.45. The molecule has 0 aromatic heterocycles. The molecule has 0 aromatic rings. The zero-order chi connectivity index (χ0) is 17.3. The summed E-state index contributed by atoms with van der Waals surface area (Å²) >= 11 is 0. The minimum Gasteiger partial charge on any atom is -0.394 e. The third kappa shape index (κ3) is 3.65. The summed E-state index contributed by atoms with van der Waals surface area (Å²) in [5.74, 6) is 0. The van der Waals surface area contributed by atoms with Crippen molar-refractivity contribution in [3.8, 4) is 0 Å². The van der Waals surface area contributed by atoms with Gasteiger partial charge in [0.25, 0.3) is 0 Å².